The van der Waals surface area contributed by atoms with Crippen LogP contribution in [0.25, 0.3) is 0 Å². The van der Waals surface area contributed by atoms with E-state index in [1.165, 1.54) is 43.3 Å². The van der Waals surface area contributed by atoms with Crippen LogP contribution in [0, 0.1) is 11.6 Å². The molecule has 33 heavy (non-hydrogen) atoms. The predicted molar refractivity (Wildman–Crippen MR) is 118 cm³/mol. The van der Waals surface area contributed by atoms with Crippen molar-refractivity contribution in [3.63, 3.8) is 0 Å². The summed E-state index contributed by atoms with van der Waals surface area (Å²) in [5.41, 5.74) is 0.575. The number of carbonyl (C=O) groups excluding carboxylic acids is 1. The van der Waals surface area contributed by atoms with Crippen LogP contribution < -0.4 is 5.32 Å². The van der Waals surface area contributed by atoms with Gasteiger partial charge in [-0.3, -0.25) is 10.1 Å². The van der Waals surface area contributed by atoms with Gasteiger partial charge in [0.05, 0.1) is 0 Å². The molecule has 0 saturated carbocycles. The number of benzene rings is 3. The number of rotatable bonds is 7. The Hall–Kier alpha value is -3.29. The second kappa shape index (κ2) is 9.29. The van der Waals surface area contributed by atoms with Crippen molar-refractivity contribution in [1.29, 1.82) is 0 Å². The molecule has 172 valence electrons. The van der Waals surface area contributed by atoms with E-state index in [0.29, 0.717) is 24.0 Å². The zero-order chi connectivity index (χ0) is 23.6. The lowest BCUT2D eigenvalue weighted by Crippen LogP contribution is -2.67. The molecular weight excluding hydrogens is 428 g/mol. The van der Waals surface area contributed by atoms with E-state index in [2.05, 4.69) is 5.32 Å². The van der Waals surface area contributed by atoms with E-state index in [1.54, 1.807) is 36.4 Å². The number of ether oxygens (including phenoxy) is 1. The molecule has 5 nitrogen and oxygen atoms in total. The molecule has 0 bridgehead atoms. The first kappa shape index (κ1) is 22.9. The van der Waals surface area contributed by atoms with Crippen LogP contribution in [0.4, 0.5) is 8.78 Å². The van der Waals surface area contributed by atoms with Crippen LogP contribution in [-0.2, 0) is 15.3 Å². The van der Waals surface area contributed by atoms with Crippen LogP contribution in [0.2, 0.25) is 0 Å². The number of hydrogen-bond donors (Lipinski definition) is 3. The molecule has 1 fully saturated rings. The molecule has 4 rings (SSSR count). The second-order valence-corrected chi connectivity index (χ2v) is 8.32. The summed E-state index contributed by atoms with van der Waals surface area (Å²) in [6.45, 7) is 1.32. The highest BCUT2D eigenvalue weighted by molar-refractivity contribution is 5.66. The lowest BCUT2D eigenvalue weighted by atomic mass is 9.69. The highest BCUT2D eigenvalue weighted by atomic mass is 19.1. The van der Waals surface area contributed by atoms with Gasteiger partial charge < -0.3 is 14.9 Å². The Kier molecular flexibility index (Phi) is 6.44. The summed E-state index contributed by atoms with van der Waals surface area (Å²) < 4.78 is 32.3. The second-order valence-electron chi connectivity index (χ2n) is 8.32. The number of phenolic OH excluding ortho intramolecular Hbond substituents is 1. The fourth-order valence-electron chi connectivity index (χ4n) is 4.51. The Morgan fingerprint density at radius 2 is 1.58 bits per heavy atom. The normalized spacial score (nSPS) is 22.9. The molecule has 0 unspecified atom stereocenters. The van der Waals surface area contributed by atoms with Crippen LogP contribution in [-0.4, -0.2) is 22.2 Å². The first-order valence-corrected chi connectivity index (χ1v) is 10.7. The molecule has 0 radical (unpaired) electrons. The monoisotopic (exact) mass is 453 g/mol. The molecule has 0 amide bonds. The Balaban J connectivity index is 1.57. The summed E-state index contributed by atoms with van der Waals surface area (Å²) in [5, 5.41) is 24.3. The van der Waals surface area contributed by atoms with Crippen molar-refractivity contribution in [2.45, 2.75) is 43.6 Å². The topological polar surface area (TPSA) is 78.8 Å². The molecule has 0 aliphatic carbocycles. The van der Waals surface area contributed by atoms with E-state index in [4.69, 9.17) is 4.74 Å². The zero-order valence-electron chi connectivity index (χ0n) is 18.0. The minimum atomic E-state index is -1.43. The Morgan fingerprint density at radius 1 is 1.00 bits per heavy atom. The molecule has 3 aromatic carbocycles. The van der Waals surface area contributed by atoms with E-state index < -0.39 is 29.5 Å². The lowest BCUT2D eigenvalue weighted by Gasteiger charge is -2.54. The molecule has 0 aromatic heterocycles. The quantitative estimate of drug-likeness (QED) is 0.454. The maximum atomic E-state index is 13.4. The van der Waals surface area contributed by atoms with Gasteiger partial charge in [-0.25, -0.2) is 8.78 Å². The average molecular weight is 453 g/mol. The third-order valence-electron chi connectivity index (χ3n) is 6.08. The molecule has 7 heteroatoms. The first-order chi connectivity index (χ1) is 15.8. The van der Waals surface area contributed by atoms with Crippen molar-refractivity contribution in [3.05, 3.63) is 101 Å². The van der Waals surface area contributed by atoms with Crippen molar-refractivity contribution in [2.75, 3.05) is 0 Å². The van der Waals surface area contributed by atoms with Crippen LogP contribution in [0.15, 0.2) is 72.8 Å². The lowest BCUT2D eigenvalue weighted by molar-refractivity contribution is -0.148. The van der Waals surface area contributed by atoms with E-state index >= 15 is 0 Å². The van der Waals surface area contributed by atoms with Crippen LogP contribution in [0.5, 0.6) is 5.75 Å². The van der Waals surface area contributed by atoms with Gasteiger partial charge in [-0.1, -0.05) is 36.4 Å². The summed E-state index contributed by atoms with van der Waals surface area (Å²) in [5.74, 6) is -1.50. The highest BCUT2D eigenvalue weighted by Crippen LogP contribution is 2.48. The maximum absolute atomic E-state index is 13.4. The molecule has 3 aromatic rings. The van der Waals surface area contributed by atoms with Gasteiger partial charge in [-0.15, -0.1) is 0 Å². The Bertz CT molecular complexity index is 1100. The van der Waals surface area contributed by atoms with E-state index in [1.807, 2.05) is 0 Å². The third kappa shape index (κ3) is 4.89. The zero-order valence-corrected chi connectivity index (χ0v) is 18.0. The summed E-state index contributed by atoms with van der Waals surface area (Å²) in [6.07, 6.45) is 0.409. The number of carbonyl (C=O) groups is 1. The Labute approximate surface area is 190 Å². The molecule has 1 heterocycles. The fourth-order valence-corrected chi connectivity index (χ4v) is 4.51. The van der Waals surface area contributed by atoms with Gasteiger partial charge >= 0.3 is 5.97 Å². The smallest absolute Gasteiger partial charge is 0.303 e. The number of nitrogens with one attached hydrogen (secondary N) is 1. The van der Waals surface area contributed by atoms with Crippen LogP contribution in [0.3, 0.4) is 0 Å². The summed E-state index contributed by atoms with van der Waals surface area (Å²) in [7, 11) is 0. The number of hydrogen-bond acceptors (Lipinski definition) is 5. The third-order valence-corrected chi connectivity index (χ3v) is 6.08. The molecule has 1 saturated heterocycles. The van der Waals surface area contributed by atoms with Gasteiger partial charge in [0.2, 0.25) is 0 Å². The number of halogens is 2. The van der Waals surface area contributed by atoms with E-state index in [0.717, 1.165) is 5.56 Å². The number of aromatic hydroxyl groups is 1. The van der Waals surface area contributed by atoms with Gasteiger partial charge in [0.15, 0.2) is 5.72 Å². The molecule has 3 N–H and O–H groups in total. The van der Waals surface area contributed by atoms with Crippen molar-refractivity contribution >= 4 is 5.97 Å². The molecule has 1 aliphatic rings. The molecular formula is C26H25F2NO4. The standard InChI is InChI=1S/C26H25F2NO4/c1-16(30)33-24(17-2-8-20(27)9-3-17)15-14-23-25(18-4-12-22(31)13-5-18)26(32,29-23)19-6-10-21(28)11-7-19/h2-13,23-25,29,31-32H,14-15H2,1H3/t23-,24+,25+,26-/m1/s1. The summed E-state index contributed by atoms with van der Waals surface area (Å²) in [6, 6.07) is 17.9. The van der Waals surface area contributed by atoms with Gasteiger partial charge in [0.25, 0.3) is 0 Å². The van der Waals surface area contributed by atoms with Gasteiger partial charge in [0.1, 0.15) is 23.5 Å². The van der Waals surface area contributed by atoms with Crippen molar-refractivity contribution in [2.24, 2.45) is 0 Å². The van der Waals surface area contributed by atoms with Crippen molar-refractivity contribution < 1.29 is 28.5 Å². The van der Waals surface area contributed by atoms with Crippen molar-refractivity contribution in [1.82, 2.24) is 5.32 Å². The van der Waals surface area contributed by atoms with E-state index in [9.17, 15) is 23.8 Å². The Morgan fingerprint density at radius 3 is 2.15 bits per heavy atom. The minimum Gasteiger partial charge on any atom is -0.508 e. The molecule has 1 aliphatic heterocycles. The van der Waals surface area contributed by atoms with Crippen LogP contribution in [0.1, 0.15) is 48.5 Å². The van der Waals surface area contributed by atoms with Gasteiger partial charge in [-0.05, 0) is 65.9 Å². The first-order valence-electron chi connectivity index (χ1n) is 10.7. The number of esters is 1. The maximum Gasteiger partial charge on any atom is 0.303 e. The number of phenols is 1. The summed E-state index contributed by atoms with van der Waals surface area (Å²) in [4.78, 5) is 11.6. The SMILES string of the molecule is CC(=O)O[C@@H](CC[C@H]1N[C@@](O)(c2ccc(F)cc2)[C@H]1c1ccc(O)cc1)c1ccc(F)cc1. The fraction of sp³-hybridized carbons (Fsp3) is 0.269. The number of aliphatic hydroxyl groups is 1. The average Bonchev–Trinajstić information content (AvgIpc) is 2.77. The van der Waals surface area contributed by atoms with Crippen LogP contribution >= 0.6 is 0 Å². The molecule has 0 spiro atoms. The minimum absolute atomic E-state index is 0.110. The summed E-state index contributed by atoms with van der Waals surface area (Å²) >= 11 is 0. The molecule has 4 atom stereocenters. The largest absolute Gasteiger partial charge is 0.508 e. The highest BCUT2D eigenvalue weighted by Gasteiger charge is 2.54. The van der Waals surface area contributed by atoms with Gasteiger partial charge in [0, 0.05) is 18.9 Å². The van der Waals surface area contributed by atoms with E-state index in [-0.39, 0.29) is 17.6 Å². The van der Waals surface area contributed by atoms with Gasteiger partial charge in [-0.2, -0.15) is 0 Å². The predicted octanol–water partition coefficient (Wildman–Crippen LogP) is 4.66. The van der Waals surface area contributed by atoms with Crippen molar-refractivity contribution in [3.8, 4) is 5.75 Å².